The topological polar surface area (TPSA) is 47.7 Å². The quantitative estimate of drug-likeness (QED) is 0.782. The molecule has 0 saturated carbocycles. The summed E-state index contributed by atoms with van der Waals surface area (Å²) in [7, 11) is 1.93. The fourth-order valence-corrected chi connectivity index (χ4v) is 2.33. The van der Waals surface area contributed by atoms with Gasteiger partial charge in [0.05, 0.1) is 11.9 Å². The molecular formula is C16H19N5. The number of para-hydroxylation sites is 1. The highest BCUT2D eigenvalue weighted by molar-refractivity contribution is 5.43. The van der Waals surface area contributed by atoms with Crippen molar-refractivity contribution in [2.45, 2.75) is 13.3 Å². The fourth-order valence-electron chi connectivity index (χ4n) is 2.33. The van der Waals surface area contributed by atoms with Gasteiger partial charge in [-0.05, 0) is 31.0 Å². The third-order valence-corrected chi connectivity index (χ3v) is 3.32. The van der Waals surface area contributed by atoms with Crippen LogP contribution in [0.15, 0.2) is 48.9 Å². The molecule has 5 nitrogen and oxygen atoms in total. The maximum Gasteiger partial charge on any atom is 0.207 e. The van der Waals surface area contributed by atoms with E-state index in [0.29, 0.717) is 0 Å². The molecule has 0 spiro atoms. The Hall–Kier alpha value is -2.56. The Labute approximate surface area is 124 Å². The number of nitrogens with zero attached hydrogens (tertiary/aromatic N) is 4. The van der Waals surface area contributed by atoms with Crippen LogP contribution < -0.4 is 5.32 Å². The van der Waals surface area contributed by atoms with Crippen LogP contribution in [0, 0.1) is 6.92 Å². The summed E-state index contributed by atoms with van der Waals surface area (Å²) in [6.07, 6.45) is 6.91. The highest BCUT2D eigenvalue weighted by Gasteiger charge is 2.07. The molecule has 0 fully saturated rings. The number of aryl methyl sites for hydroxylation is 2. The SMILES string of the molecule is Cc1cn(-c2ccccc2)c(NCCc2cnn(C)c2)n1. The minimum absolute atomic E-state index is 0.828. The van der Waals surface area contributed by atoms with Gasteiger partial charge in [-0.15, -0.1) is 0 Å². The van der Waals surface area contributed by atoms with E-state index in [2.05, 4.69) is 32.1 Å². The van der Waals surface area contributed by atoms with Crippen LogP contribution in [-0.4, -0.2) is 25.9 Å². The Kier molecular flexibility index (Phi) is 3.73. The Morgan fingerprint density at radius 3 is 2.67 bits per heavy atom. The van der Waals surface area contributed by atoms with Crippen molar-refractivity contribution in [2.75, 3.05) is 11.9 Å². The number of nitrogens with one attached hydrogen (secondary N) is 1. The van der Waals surface area contributed by atoms with E-state index in [4.69, 9.17) is 0 Å². The predicted molar refractivity (Wildman–Crippen MR) is 83.7 cm³/mol. The lowest BCUT2D eigenvalue weighted by molar-refractivity contribution is 0.766. The van der Waals surface area contributed by atoms with Crippen molar-refractivity contribution in [2.24, 2.45) is 7.05 Å². The summed E-state index contributed by atoms with van der Waals surface area (Å²) >= 11 is 0. The second-order valence-corrected chi connectivity index (χ2v) is 5.11. The lowest BCUT2D eigenvalue weighted by Gasteiger charge is -2.09. The van der Waals surface area contributed by atoms with Crippen LogP contribution in [0.5, 0.6) is 0 Å². The molecule has 0 saturated heterocycles. The molecule has 0 atom stereocenters. The van der Waals surface area contributed by atoms with Crippen LogP contribution in [0.25, 0.3) is 5.69 Å². The van der Waals surface area contributed by atoms with E-state index in [1.807, 2.05) is 55.4 Å². The molecule has 2 heterocycles. The largest absolute Gasteiger partial charge is 0.355 e. The van der Waals surface area contributed by atoms with Gasteiger partial charge < -0.3 is 5.32 Å². The van der Waals surface area contributed by atoms with Gasteiger partial charge in [0.2, 0.25) is 5.95 Å². The number of imidazole rings is 1. The number of rotatable bonds is 5. The summed E-state index contributed by atoms with van der Waals surface area (Å²) < 4.78 is 3.91. The van der Waals surface area contributed by atoms with Gasteiger partial charge in [-0.3, -0.25) is 9.25 Å². The fraction of sp³-hybridized carbons (Fsp3) is 0.250. The molecule has 1 N–H and O–H groups in total. The van der Waals surface area contributed by atoms with Crippen molar-refractivity contribution >= 4 is 5.95 Å². The third kappa shape index (κ3) is 3.13. The van der Waals surface area contributed by atoms with Crippen LogP contribution in [0.3, 0.4) is 0 Å². The minimum atomic E-state index is 0.828. The van der Waals surface area contributed by atoms with Gasteiger partial charge in [-0.2, -0.15) is 5.10 Å². The first-order valence-electron chi connectivity index (χ1n) is 7.05. The van der Waals surface area contributed by atoms with Crippen molar-refractivity contribution in [3.8, 4) is 5.69 Å². The zero-order chi connectivity index (χ0) is 14.7. The van der Waals surface area contributed by atoms with E-state index in [0.717, 1.165) is 30.3 Å². The second kappa shape index (κ2) is 5.83. The van der Waals surface area contributed by atoms with E-state index >= 15 is 0 Å². The highest BCUT2D eigenvalue weighted by Crippen LogP contribution is 2.16. The van der Waals surface area contributed by atoms with Gasteiger partial charge in [0, 0.05) is 31.7 Å². The summed E-state index contributed by atoms with van der Waals surface area (Å²) in [4.78, 5) is 4.55. The number of benzene rings is 1. The third-order valence-electron chi connectivity index (χ3n) is 3.32. The van der Waals surface area contributed by atoms with Crippen LogP contribution in [0.1, 0.15) is 11.3 Å². The number of anilines is 1. The predicted octanol–water partition coefficient (Wildman–Crippen LogP) is 2.57. The number of hydrogen-bond acceptors (Lipinski definition) is 3. The van der Waals surface area contributed by atoms with Crippen molar-refractivity contribution in [3.05, 3.63) is 60.2 Å². The maximum atomic E-state index is 4.55. The molecule has 1 aromatic carbocycles. The van der Waals surface area contributed by atoms with Crippen LogP contribution in [0.2, 0.25) is 0 Å². The van der Waals surface area contributed by atoms with E-state index in [9.17, 15) is 0 Å². The molecule has 2 aromatic heterocycles. The first-order valence-corrected chi connectivity index (χ1v) is 7.05. The number of aromatic nitrogens is 4. The minimum Gasteiger partial charge on any atom is -0.355 e. The lowest BCUT2D eigenvalue weighted by Crippen LogP contribution is -2.09. The highest BCUT2D eigenvalue weighted by atomic mass is 15.2. The van der Waals surface area contributed by atoms with E-state index in [1.54, 1.807) is 0 Å². The number of hydrogen-bond donors (Lipinski definition) is 1. The first kappa shape index (κ1) is 13.4. The van der Waals surface area contributed by atoms with Gasteiger partial charge in [0.1, 0.15) is 0 Å². The zero-order valence-electron chi connectivity index (χ0n) is 12.3. The summed E-state index contributed by atoms with van der Waals surface area (Å²) in [5.74, 6) is 0.877. The standard InChI is InChI=1S/C16H19N5/c1-13-11-21(15-6-4-3-5-7-15)16(19-13)17-9-8-14-10-18-20(2)12-14/h3-7,10-12H,8-9H2,1-2H3,(H,17,19). The van der Waals surface area contributed by atoms with Gasteiger partial charge in [0.25, 0.3) is 0 Å². The molecule has 108 valence electrons. The molecule has 0 radical (unpaired) electrons. The van der Waals surface area contributed by atoms with Crippen LogP contribution >= 0.6 is 0 Å². The molecule has 0 aliphatic rings. The van der Waals surface area contributed by atoms with Gasteiger partial charge in [0.15, 0.2) is 0 Å². The molecule has 5 heteroatoms. The first-order chi connectivity index (χ1) is 10.2. The van der Waals surface area contributed by atoms with Gasteiger partial charge >= 0.3 is 0 Å². The lowest BCUT2D eigenvalue weighted by atomic mass is 10.2. The normalized spacial score (nSPS) is 10.8. The maximum absolute atomic E-state index is 4.55. The van der Waals surface area contributed by atoms with Crippen LogP contribution in [-0.2, 0) is 13.5 Å². The Morgan fingerprint density at radius 2 is 1.95 bits per heavy atom. The second-order valence-electron chi connectivity index (χ2n) is 5.11. The zero-order valence-corrected chi connectivity index (χ0v) is 12.3. The van der Waals surface area contributed by atoms with Crippen molar-refractivity contribution in [3.63, 3.8) is 0 Å². The van der Waals surface area contributed by atoms with Crippen molar-refractivity contribution < 1.29 is 0 Å². The van der Waals surface area contributed by atoms with E-state index < -0.39 is 0 Å². The average Bonchev–Trinajstić information content (AvgIpc) is 3.06. The summed E-state index contributed by atoms with van der Waals surface area (Å²) in [5.41, 5.74) is 3.34. The summed E-state index contributed by atoms with van der Waals surface area (Å²) in [5, 5.41) is 7.58. The molecule has 0 aliphatic heterocycles. The molecule has 3 rings (SSSR count). The molecule has 0 aliphatic carbocycles. The summed E-state index contributed by atoms with van der Waals surface area (Å²) in [6, 6.07) is 10.2. The smallest absolute Gasteiger partial charge is 0.207 e. The molecule has 0 bridgehead atoms. The average molecular weight is 281 g/mol. The molecule has 21 heavy (non-hydrogen) atoms. The summed E-state index contributed by atoms with van der Waals surface area (Å²) in [6.45, 7) is 2.83. The Morgan fingerprint density at radius 1 is 1.14 bits per heavy atom. The van der Waals surface area contributed by atoms with Crippen molar-refractivity contribution in [1.82, 2.24) is 19.3 Å². The van der Waals surface area contributed by atoms with E-state index in [-0.39, 0.29) is 0 Å². The molecule has 3 aromatic rings. The van der Waals surface area contributed by atoms with E-state index in [1.165, 1.54) is 5.56 Å². The monoisotopic (exact) mass is 281 g/mol. The molecule has 0 amide bonds. The van der Waals surface area contributed by atoms with Gasteiger partial charge in [-0.25, -0.2) is 4.98 Å². The molecule has 0 unspecified atom stereocenters. The van der Waals surface area contributed by atoms with Crippen molar-refractivity contribution in [1.29, 1.82) is 0 Å². The van der Waals surface area contributed by atoms with Gasteiger partial charge in [-0.1, -0.05) is 18.2 Å². The Bertz CT molecular complexity index is 711. The van der Waals surface area contributed by atoms with Crippen LogP contribution in [0.4, 0.5) is 5.95 Å². The molecular weight excluding hydrogens is 262 g/mol. The Balaban J connectivity index is 1.71.